The number of thioether (sulfide) groups is 1. The van der Waals surface area contributed by atoms with E-state index >= 15 is 0 Å². The quantitative estimate of drug-likeness (QED) is 0.926. The van der Waals surface area contributed by atoms with Crippen LogP contribution in [0.15, 0.2) is 29.3 Å². The highest BCUT2D eigenvalue weighted by atomic mass is 35.5. The summed E-state index contributed by atoms with van der Waals surface area (Å²) in [6.07, 6.45) is 0. The van der Waals surface area contributed by atoms with Gasteiger partial charge in [0.25, 0.3) is 0 Å². The Labute approximate surface area is 122 Å². The second-order valence-electron chi connectivity index (χ2n) is 3.62. The molecule has 0 atom stereocenters. The van der Waals surface area contributed by atoms with Crippen LogP contribution in [-0.2, 0) is 4.79 Å². The van der Waals surface area contributed by atoms with Gasteiger partial charge in [-0.25, -0.2) is 0 Å². The van der Waals surface area contributed by atoms with E-state index in [9.17, 15) is 4.79 Å². The number of hydrogen-bond acceptors (Lipinski definition) is 6. The normalized spacial score (nSPS) is 16.9. The molecule has 96 valence electrons. The standard InChI is InChI=1S/C11H7ClN4OS2/c12-7-4-2-1-3-6(7)9-15-16-11(19-9)14-10-13-8(17)5-18-10/h1-4H,5H2,(H,13,14,16,17). The number of carbonyl (C=O) groups is 1. The van der Waals surface area contributed by atoms with Gasteiger partial charge in [0.1, 0.15) is 0 Å². The molecule has 8 heteroatoms. The Morgan fingerprint density at radius 2 is 2.16 bits per heavy atom. The lowest BCUT2D eigenvalue weighted by atomic mass is 10.2. The number of amides is 1. The Morgan fingerprint density at radius 1 is 1.32 bits per heavy atom. The molecule has 1 amide bonds. The topological polar surface area (TPSA) is 67.2 Å². The van der Waals surface area contributed by atoms with E-state index in [4.69, 9.17) is 11.6 Å². The first-order valence-electron chi connectivity index (χ1n) is 5.32. The molecule has 1 aromatic heterocycles. The monoisotopic (exact) mass is 310 g/mol. The Kier molecular flexibility index (Phi) is 3.50. The summed E-state index contributed by atoms with van der Waals surface area (Å²) < 4.78 is 0. The molecule has 1 aliphatic rings. The van der Waals surface area contributed by atoms with Crippen LogP contribution in [0.1, 0.15) is 0 Å². The van der Waals surface area contributed by atoms with Crippen molar-refractivity contribution in [2.45, 2.75) is 0 Å². The van der Waals surface area contributed by atoms with E-state index < -0.39 is 0 Å². The fraction of sp³-hybridized carbons (Fsp3) is 0.0909. The average Bonchev–Trinajstić information content (AvgIpc) is 3.00. The zero-order valence-electron chi connectivity index (χ0n) is 9.46. The van der Waals surface area contributed by atoms with Gasteiger partial charge in [-0.15, -0.1) is 10.2 Å². The number of amidine groups is 1. The van der Waals surface area contributed by atoms with Gasteiger partial charge in [-0.1, -0.05) is 52.9 Å². The molecule has 0 saturated carbocycles. The molecule has 3 rings (SSSR count). The van der Waals surface area contributed by atoms with Crippen molar-refractivity contribution < 1.29 is 4.79 Å². The highest BCUT2D eigenvalue weighted by Gasteiger charge is 2.17. The van der Waals surface area contributed by atoms with Crippen molar-refractivity contribution in [3.8, 4) is 10.6 Å². The van der Waals surface area contributed by atoms with Crippen LogP contribution in [0, 0.1) is 0 Å². The van der Waals surface area contributed by atoms with Gasteiger partial charge in [0.15, 0.2) is 10.2 Å². The van der Waals surface area contributed by atoms with Crippen molar-refractivity contribution in [2.75, 3.05) is 5.75 Å². The Balaban J connectivity index is 1.88. The number of hydrogen-bond donors (Lipinski definition) is 1. The minimum absolute atomic E-state index is 0.0420. The second-order valence-corrected chi connectivity index (χ2v) is 5.95. The largest absolute Gasteiger partial charge is 0.304 e. The first-order chi connectivity index (χ1) is 9.22. The summed E-state index contributed by atoms with van der Waals surface area (Å²) in [5, 5.41) is 13.1. The van der Waals surface area contributed by atoms with E-state index in [1.807, 2.05) is 18.2 Å². The molecule has 1 aliphatic heterocycles. The van der Waals surface area contributed by atoms with Gasteiger partial charge in [0.2, 0.25) is 11.0 Å². The molecule has 2 heterocycles. The van der Waals surface area contributed by atoms with Crippen LogP contribution in [0.3, 0.4) is 0 Å². The lowest BCUT2D eigenvalue weighted by Crippen LogP contribution is -2.19. The van der Waals surface area contributed by atoms with Crippen LogP contribution < -0.4 is 5.32 Å². The Bertz CT molecular complexity index is 670. The van der Waals surface area contributed by atoms with Gasteiger partial charge in [-0.05, 0) is 6.07 Å². The van der Waals surface area contributed by atoms with Crippen LogP contribution in [-0.4, -0.2) is 27.0 Å². The number of halogens is 1. The average molecular weight is 311 g/mol. The molecule has 0 bridgehead atoms. The van der Waals surface area contributed by atoms with Crippen molar-refractivity contribution >= 4 is 50.9 Å². The minimum atomic E-state index is -0.0420. The summed E-state index contributed by atoms with van der Waals surface area (Å²) in [5.41, 5.74) is 0.830. The SMILES string of the molecule is O=C1CS/C(=N/c2nnc(-c3ccccc3Cl)s2)N1. The number of aromatic nitrogens is 2. The maximum atomic E-state index is 11.1. The van der Waals surface area contributed by atoms with Crippen molar-refractivity contribution in [3.05, 3.63) is 29.3 Å². The zero-order chi connectivity index (χ0) is 13.2. The molecule has 0 aliphatic carbocycles. The van der Waals surface area contributed by atoms with E-state index in [1.165, 1.54) is 23.1 Å². The van der Waals surface area contributed by atoms with Crippen molar-refractivity contribution in [1.29, 1.82) is 0 Å². The molecule has 1 N–H and O–H groups in total. The Hall–Kier alpha value is -1.44. The third-order valence-corrected chi connectivity index (χ3v) is 4.36. The zero-order valence-corrected chi connectivity index (χ0v) is 11.8. The third-order valence-electron chi connectivity index (χ3n) is 2.30. The maximum Gasteiger partial charge on any atom is 0.236 e. The summed E-state index contributed by atoms with van der Waals surface area (Å²) in [7, 11) is 0. The summed E-state index contributed by atoms with van der Waals surface area (Å²) in [4.78, 5) is 15.3. The van der Waals surface area contributed by atoms with Gasteiger partial charge in [-0.2, -0.15) is 4.99 Å². The molecule has 1 aromatic carbocycles. The molecular weight excluding hydrogens is 304 g/mol. The highest BCUT2D eigenvalue weighted by molar-refractivity contribution is 8.15. The number of nitrogens with zero attached hydrogens (tertiary/aromatic N) is 3. The number of benzene rings is 1. The molecule has 5 nitrogen and oxygen atoms in total. The number of rotatable bonds is 2. The molecular formula is C11H7ClN4OS2. The lowest BCUT2D eigenvalue weighted by molar-refractivity contribution is -0.116. The predicted octanol–water partition coefficient (Wildman–Crippen LogP) is 2.71. The van der Waals surface area contributed by atoms with Gasteiger partial charge in [-0.3, -0.25) is 4.79 Å². The third kappa shape index (κ3) is 2.78. The first kappa shape index (κ1) is 12.6. The van der Waals surface area contributed by atoms with Crippen molar-refractivity contribution in [1.82, 2.24) is 15.5 Å². The van der Waals surface area contributed by atoms with Crippen molar-refractivity contribution in [3.63, 3.8) is 0 Å². The molecule has 0 radical (unpaired) electrons. The van der Waals surface area contributed by atoms with Gasteiger partial charge in [0, 0.05) is 5.56 Å². The molecule has 1 fully saturated rings. The minimum Gasteiger partial charge on any atom is -0.304 e. The van der Waals surface area contributed by atoms with E-state index in [0.29, 0.717) is 26.1 Å². The van der Waals surface area contributed by atoms with Crippen molar-refractivity contribution in [2.24, 2.45) is 4.99 Å². The molecule has 2 aromatic rings. The number of aliphatic imine (C=N–C) groups is 1. The maximum absolute atomic E-state index is 11.1. The van der Waals surface area contributed by atoms with E-state index in [-0.39, 0.29) is 5.91 Å². The van der Waals surface area contributed by atoms with E-state index in [2.05, 4.69) is 20.5 Å². The van der Waals surface area contributed by atoms with Gasteiger partial charge >= 0.3 is 0 Å². The van der Waals surface area contributed by atoms with Crippen LogP contribution in [0.4, 0.5) is 5.13 Å². The Morgan fingerprint density at radius 3 is 2.89 bits per heavy atom. The van der Waals surface area contributed by atoms with Crippen LogP contribution >= 0.6 is 34.7 Å². The highest BCUT2D eigenvalue weighted by Crippen LogP contribution is 2.33. The predicted molar refractivity (Wildman–Crippen MR) is 78.1 cm³/mol. The molecule has 19 heavy (non-hydrogen) atoms. The smallest absolute Gasteiger partial charge is 0.236 e. The van der Waals surface area contributed by atoms with E-state index in [0.717, 1.165) is 5.56 Å². The summed E-state index contributed by atoms with van der Waals surface area (Å²) in [6.45, 7) is 0. The second kappa shape index (κ2) is 5.28. The van der Waals surface area contributed by atoms with E-state index in [1.54, 1.807) is 6.07 Å². The number of carbonyl (C=O) groups excluding carboxylic acids is 1. The molecule has 1 saturated heterocycles. The van der Waals surface area contributed by atoms with Crippen LogP contribution in [0.25, 0.3) is 10.6 Å². The lowest BCUT2D eigenvalue weighted by Gasteiger charge is -1.96. The van der Waals surface area contributed by atoms with Crippen LogP contribution in [0.2, 0.25) is 5.02 Å². The number of nitrogens with one attached hydrogen (secondary N) is 1. The van der Waals surface area contributed by atoms with Gasteiger partial charge < -0.3 is 5.32 Å². The summed E-state index contributed by atoms with van der Waals surface area (Å²) >= 11 is 8.78. The molecule has 0 unspecified atom stereocenters. The molecule has 0 spiro atoms. The first-order valence-corrected chi connectivity index (χ1v) is 7.50. The summed E-state index contributed by atoms with van der Waals surface area (Å²) in [6, 6.07) is 7.43. The van der Waals surface area contributed by atoms with Crippen LogP contribution in [0.5, 0.6) is 0 Å². The fourth-order valence-electron chi connectivity index (χ4n) is 1.48. The van der Waals surface area contributed by atoms with Gasteiger partial charge in [0.05, 0.1) is 10.8 Å². The summed E-state index contributed by atoms with van der Waals surface area (Å²) in [5.74, 6) is 0.356. The fourth-order valence-corrected chi connectivity index (χ4v) is 3.25.